The number of hydrogen-bond donors (Lipinski definition) is 2. The number of alkyl halides is 3. The first kappa shape index (κ1) is 12.3. The number of nitrogens with two attached hydrogens (primary N) is 1. The summed E-state index contributed by atoms with van der Waals surface area (Å²) < 4.78 is 62.0. The van der Waals surface area contributed by atoms with Gasteiger partial charge in [0.2, 0.25) is 0 Å². The van der Waals surface area contributed by atoms with Gasteiger partial charge in [-0.3, -0.25) is 0 Å². The average Bonchev–Trinajstić information content (AvgIpc) is 2.17. The predicted octanol–water partition coefficient (Wildman–Crippen LogP) is 3.03. The minimum absolute atomic E-state index is 0.343. The number of allylic oxidation sites excluding steroid dienone is 1. The molecule has 0 unspecified atom stereocenters. The van der Waals surface area contributed by atoms with E-state index in [9.17, 15) is 22.0 Å². The molecule has 0 spiro atoms. The Morgan fingerprint density at radius 3 is 2.31 bits per heavy atom. The molecule has 3 N–H and O–H groups in total. The van der Waals surface area contributed by atoms with Gasteiger partial charge in [0.15, 0.2) is 11.6 Å². The van der Waals surface area contributed by atoms with Crippen LogP contribution in [0.5, 0.6) is 0 Å². The van der Waals surface area contributed by atoms with E-state index in [1.165, 1.54) is 0 Å². The lowest BCUT2D eigenvalue weighted by molar-refractivity contribution is -0.0898. The van der Waals surface area contributed by atoms with E-state index in [1.54, 1.807) is 5.32 Å². The molecule has 0 fully saturated rings. The smallest absolute Gasteiger partial charge is 0.397 e. The van der Waals surface area contributed by atoms with Crippen LogP contribution in [-0.2, 0) is 0 Å². The molecule has 0 aromatic heterocycles. The number of hydrogen-bond acceptors (Lipinski definition) is 2. The number of rotatable bonds is 2. The highest BCUT2D eigenvalue weighted by molar-refractivity contribution is 5.69. The first-order chi connectivity index (χ1) is 7.23. The van der Waals surface area contributed by atoms with Crippen LogP contribution >= 0.6 is 0 Å². The van der Waals surface area contributed by atoms with Crippen molar-refractivity contribution in [3.05, 3.63) is 36.0 Å². The summed E-state index contributed by atoms with van der Waals surface area (Å²) in [7, 11) is 0. The van der Waals surface area contributed by atoms with Crippen LogP contribution in [0.4, 0.5) is 33.3 Å². The first-order valence-corrected chi connectivity index (χ1v) is 4.00. The Morgan fingerprint density at radius 1 is 1.25 bits per heavy atom. The summed E-state index contributed by atoms with van der Waals surface area (Å²) in [6, 6.07) is 1.66. The summed E-state index contributed by atoms with van der Waals surface area (Å²) in [5.41, 5.74) is 2.66. The third kappa shape index (κ3) is 2.41. The van der Waals surface area contributed by atoms with E-state index >= 15 is 0 Å². The highest BCUT2D eigenvalue weighted by atomic mass is 19.4. The van der Waals surface area contributed by atoms with Crippen molar-refractivity contribution in [3.8, 4) is 0 Å². The van der Waals surface area contributed by atoms with Crippen molar-refractivity contribution < 1.29 is 22.0 Å². The topological polar surface area (TPSA) is 38.0 Å². The molecule has 0 radical (unpaired) electrons. The Morgan fingerprint density at radius 2 is 1.81 bits per heavy atom. The lowest BCUT2D eigenvalue weighted by Crippen LogP contribution is -2.19. The molecule has 0 saturated heterocycles. The fourth-order valence-corrected chi connectivity index (χ4v) is 0.914. The van der Waals surface area contributed by atoms with E-state index in [-0.39, 0.29) is 5.69 Å². The summed E-state index contributed by atoms with van der Waals surface area (Å²) in [5, 5.41) is 1.60. The first-order valence-electron chi connectivity index (χ1n) is 4.00. The quantitative estimate of drug-likeness (QED) is 0.613. The second kappa shape index (κ2) is 3.99. The van der Waals surface area contributed by atoms with Crippen molar-refractivity contribution in [2.75, 3.05) is 11.1 Å². The molecule has 0 aliphatic carbocycles. The van der Waals surface area contributed by atoms with Crippen molar-refractivity contribution >= 4 is 11.4 Å². The molecule has 0 aliphatic heterocycles. The number of benzene rings is 1. The fourth-order valence-electron chi connectivity index (χ4n) is 0.914. The largest absolute Gasteiger partial charge is 0.430 e. The van der Waals surface area contributed by atoms with Crippen LogP contribution in [0.3, 0.4) is 0 Å². The number of nitrogens with one attached hydrogen (secondary N) is 1. The van der Waals surface area contributed by atoms with E-state index in [1.807, 2.05) is 0 Å². The van der Waals surface area contributed by atoms with Crippen LogP contribution in [0.25, 0.3) is 0 Å². The molecule has 88 valence electrons. The lowest BCUT2D eigenvalue weighted by atomic mass is 10.2. The summed E-state index contributed by atoms with van der Waals surface area (Å²) in [4.78, 5) is 0. The summed E-state index contributed by atoms with van der Waals surface area (Å²) in [6.07, 6.45) is -4.76. The van der Waals surface area contributed by atoms with Gasteiger partial charge in [0.05, 0.1) is 5.69 Å². The minimum Gasteiger partial charge on any atom is -0.397 e. The Kier molecular flexibility index (Phi) is 3.06. The maximum absolute atomic E-state index is 13.1. The van der Waals surface area contributed by atoms with Crippen molar-refractivity contribution in [2.24, 2.45) is 0 Å². The van der Waals surface area contributed by atoms with Gasteiger partial charge in [0.1, 0.15) is 11.4 Å². The Hall–Kier alpha value is -1.79. The third-order valence-electron chi connectivity index (χ3n) is 1.75. The SMILES string of the molecule is C=C(Nc1c(N)ccc(F)c1F)C(F)(F)F. The molecule has 2 nitrogen and oxygen atoms in total. The molecule has 16 heavy (non-hydrogen) atoms. The Labute approximate surface area is 87.6 Å². The summed E-state index contributed by atoms with van der Waals surface area (Å²) >= 11 is 0. The molecule has 0 heterocycles. The zero-order valence-corrected chi connectivity index (χ0v) is 7.83. The van der Waals surface area contributed by atoms with Gasteiger partial charge < -0.3 is 11.1 Å². The molecular formula is C9H7F5N2. The van der Waals surface area contributed by atoms with Crippen molar-refractivity contribution in [1.29, 1.82) is 0 Å². The van der Waals surface area contributed by atoms with Crippen LogP contribution in [0.2, 0.25) is 0 Å². The maximum Gasteiger partial charge on any atom is 0.430 e. The maximum atomic E-state index is 13.1. The van der Waals surface area contributed by atoms with Gasteiger partial charge in [-0.2, -0.15) is 13.2 Å². The van der Waals surface area contributed by atoms with Crippen molar-refractivity contribution in [2.45, 2.75) is 6.18 Å². The third-order valence-corrected chi connectivity index (χ3v) is 1.75. The summed E-state index contributed by atoms with van der Waals surface area (Å²) in [5.74, 6) is -2.78. The number of anilines is 2. The van der Waals surface area contributed by atoms with Crippen LogP contribution in [0.1, 0.15) is 0 Å². The van der Waals surface area contributed by atoms with E-state index in [0.717, 1.165) is 6.07 Å². The zero-order valence-electron chi connectivity index (χ0n) is 7.83. The molecule has 0 aliphatic rings. The summed E-state index contributed by atoms with van der Waals surface area (Å²) in [6.45, 7) is 2.65. The number of nitrogen functional groups attached to an aromatic ring is 1. The van der Waals surface area contributed by atoms with Crippen molar-refractivity contribution in [1.82, 2.24) is 0 Å². The van der Waals surface area contributed by atoms with Crippen LogP contribution in [-0.4, -0.2) is 6.18 Å². The second-order valence-corrected chi connectivity index (χ2v) is 2.93. The van der Waals surface area contributed by atoms with Gasteiger partial charge in [-0.1, -0.05) is 6.58 Å². The van der Waals surface area contributed by atoms with E-state index in [4.69, 9.17) is 5.73 Å². The minimum atomic E-state index is -4.76. The molecule has 0 bridgehead atoms. The molecule has 0 saturated carbocycles. The highest BCUT2D eigenvalue weighted by Crippen LogP contribution is 2.30. The number of halogens is 5. The standard InChI is InChI=1S/C9H7F5N2/c1-4(9(12,13)14)16-8-6(15)3-2-5(10)7(8)11/h2-3,16H,1,15H2. The van der Waals surface area contributed by atoms with E-state index in [2.05, 4.69) is 6.58 Å². The van der Waals surface area contributed by atoms with Gasteiger partial charge in [0.25, 0.3) is 0 Å². The molecular weight excluding hydrogens is 231 g/mol. The van der Waals surface area contributed by atoms with Gasteiger partial charge in [-0.15, -0.1) is 0 Å². The molecule has 0 amide bonds. The van der Waals surface area contributed by atoms with Gasteiger partial charge in [-0.25, -0.2) is 8.78 Å². The Balaban J connectivity index is 3.07. The monoisotopic (exact) mass is 238 g/mol. The molecule has 0 atom stereocenters. The van der Waals surface area contributed by atoms with E-state index in [0.29, 0.717) is 6.07 Å². The molecule has 1 rings (SSSR count). The van der Waals surface area contributed by atoms with Gasteiger partial charge in [0, 0.05) is 0 Å². The van der Waals surface area contributed by atoms with Gasteiger partial charge in [-0.05, 0) is 12.1 Å². The van der Waals surface area contributed by atoms with Crippen molar-refractivity contribution in [3.63, 3.8) is 0 Å². The zero-order chi connectivity index (χ0) is 12.5. The van der Waals surface area contributed by atoms with Gasteiger partial charge >= 0.3 is 6.18 Å². The fraction of sp³-hybridized carbons (Fsp3) is 0.111. The second-order valence-electron chi connectivity index (χ2n) is 2.93. The molecule has 1 aromatic carbocycles. The van der Waals surface area contributed by atoms with Crippen LogP contribution in [0.15, 0.2) is 24.4 Å². The molecule has 7 heteroatoms. The van der Waals surface area contributed by atoms with Crippen LogP contribution in [0, 0.1) is 11.6 Å². The molecule has 1 aromatic rings. The normalized spacial score (nSPS) is 11.3. The van der Waals surface area contributed by atoms with E-state index < -0.39 is 29.2 Å². The lowest BCUT2D eigenvalue weighted by Gasteiger charge is -2.14. The predicted molar refractivity (Wildman–Crippen MR) is 49.6 cm³/mol. The Bertz CT molecular complexity index is 425. The highest BCUT2D eigenvalue weighted by Gasteiger charge is 2.33. The average molecular weight is 238 g/mol. The van der Waals surface area contributed by atoms with Crippen LogP contribution < -0.4 is 11.1 Å².